The first-order chi connectivity index (χ1) is 8.47. The molecule has 0 fully saturated rings. The third-order valence-corrected chi connectivity index (χ3v) is 2.93. The van der Waals surface area contributed by atoms with Crippen LogP contribution in [0.5, 0.6) is 0 Å². The van der Waals surface area contributed by atoms with E-state index >= 15 is 0 Å². The molecule has 0 aliphatic heterocycles. The lowest BCUT2D eigenvalue weighted by Crippen LogP contribution is -2.04. The fourth-order valence-corrected chi connectivity index (χ4v) is 1.72. The van der Waals surface area contributed by atoms with E-state index in [2.05, 4.69) is 15.3 Å². The molecule has 7 heteroatoms. The minimum atomic E-state index is -4.32. The Morgan fingerprint density at radius 3 is 2.33 bits per heavy atom. The standard InChI is InChI=1S/C11H7F3IN3/c12-11(13,14)7-1-3-8(4-2-7)18-10-9(15)5-16-6-17-10/h1-6H,(H,16,17,18). The predicted octanol–water partition coefficient (Wildman–Crippen LogP) is 3.84. The molecular formula is C11H7F3IN3. The molecule has 0 atom stereocenters. The number of hydrogen-bond donors (Lipinski definition) is 1. The van der Waals surface area contributed by atoms with Crippen molar-refractivity contribution in [3.05, 3.63) is 45.9 Å². The molecule has 0 bridgehead atoms. The molecule has 1 heterocycles. The number of rotatable bonds is 2. The first-order valence-electron chi connectivity index (χ1n) is 4.86. The quantitative estimate of drug-likeness (QED) is 0.822. The summed E-state index contributed by atoms with van der Waals surface area (Å²) in [5.74, 6) is 0.561. The minimum absolute atomic E-state index is 0.541. The lowest BCUT2D eigenvalue weighted by atomic mass is 10.2. The third-order valence-electron chi connectivity index (χ3n) is 2.14. The van der Waals surface area contributed by atoms with Crippen molar-refractivity contribution >= 4 is 34.1 Å². The maximum Gasteiger partial charge on any atom is 0.416 e. The van der Waals surface area contributed by atoms with Crippen molar-refractivity contribution in [1.29, 1.82) is 0 Å². The van der Waals surface area contributed by atoms with Gasteiger partial charge in [-0.3, -0.25) is 0 Å². The van der Waals surface area contributed by atoms with Crippen molar-refractivity contribution in [2.45, 2.75) is 6.18 Å². The van der Waals surface area contributed by atoms with Gasteiger partial charge in [0.25, 0.3) is 0 Å². The fraction of sp³-hybridized carbons (Fsp3) is 0.0909. The van der Waals surface area contributed by atoms with E-state index in [-0.39, 0.29) is 0 Å². The molecule has 1 aromatic carbocycles. The Kier molecular flexibility index (Phi) is 3.69. The van der Waals surface area contributed by atoms with E-state index < -0.39 is 11.7 Å². The largest absolute Gasteiger partial charge is 0.416 e. The van der Waals surface area contributed by atoms with E-state index in [9.17, 15) is 13.2 Å². The van der Waals surface area contributed by atoms with Crippen LogP contribution in [0.4, 0.5) is 24.7 Å². The Labute approximate surface area is 115 Å². The van der Waals surface area contributed by atoms with E-state index in [1.807, 2.05) is 22.6 Å². The molecule has 0 saturated carbocycles. The predicted molar refractivity (Wildman–Crippen MR) is 69.5 cm³/mol. The van der Waals surface area contributed by atoms with Crippen LogP contribution < -0.4 is 5.32 Å². The summed E-state index contributed by atoms with van der Waals surface area (Å²) in [4.78, 5) is 7.82. The summed E-state index contributed by atoms with van der Waals surface area (Å²) in [5, 5.41) is 2.92. The lowest BCUT2D eigenvalue weighted by Gasteiger charge is -2.09. The highest BCUT2D eigenvalue weighted by atomic mass is 127. The summed E-state index contributed by atoms with van der Waals surface area (Å²) in [6.07, 6.45) is -1.34. The molecule has 18 heavy (non-hydrogen) atoms. The number of halogens is 4. The Bertz CT molecular complexity index is 540. The topological polar surface area (TPSA) is 37.8 Å². The normalized spacial score (nSPS) is 11.3. The van der Waals surface area contributed by atoms with Crippen LogP contribution >= 0.6 is 22.6 Å². The number of anilines is 2. The van der Waals surface area contributed by atoms with Crippen LogP contribution in [0.2, 0.25) is 0 Å². The second kappa shape index (κ2) is 5.09. The molecule has 0 amide bonds. The van der Waals surface area contributed by atoms with E-state index in [1.54, 1.807) is 6.20 Å². The van der Waals surface area contributed by atoms with Crippen molar-refractivity contribution in [3.8, 4) is 0 Å². The molecule has 1 N–H and O–H groups in total. The molecule has 0 spiro atoms. The zero-order valence-electron chi connectivity index (χ0n) is 8.87. The molecule has 94 valence electrons. The highest BCUT2D eigenvalue weighted by Gasteiger charge is 2.29. The van der Waals surface area contributed by atoms with Crippen LogP contribution in [0.25, 0.3) is 0 Å². The van der Waals surface area contributed by atoms with Crippen molar-refractivity contribution in [2.24, 2.45) is 0 Å². The van der Waals surface area contributed by atoms with Gasteiger partial charge >= 0.3 is 6.18 Å². The lowest BCUT2D eigenvalue weighted by molar-refractivity contribution is -0.137. The summed E-state index contributed by atoms with van der Waals surface area (Å²) < 4.78 is 37.9. The first kappa shape index (κ1) is 13.1. The number of nitrogens with zero attached hydrogens (tertiary/aromatic N) is 2. The molecular weight excluding hydrogens is 358 g/mol. The van der Waals surface area contributed by atoms with Gasteiger partial charge in [-0.05, 0) is 46.9 Å². The Balaban J connectivity index is 2.19. The molecule has 2 rings (SSSR count). The summed E-state index contributed by atoms with van der Waals surface area (Å²) in [6, 6.07) is 4.77. The zero-order valence-corrected chi connectivity index (χ0v) is 11.0. The summed E-state index contributed by atoms with van der Waals surface area (Å²) in [7, 11) is 0. The highest BCUT2D eigenvalue weighted by molar-refractivity contribution is 14.1. The van der Waals surface area contributed by atoms with Crippen LogP contribution in [0.15, 0.2) is 36.8 Å². The van der Waals surface area contributed by atoms with Gasteiger partial charge in [-0.2, -0.15) is 13.2 Å². The van der Waals surface area contributed by atoms with Crippen molar-refractivity contribution < 1.29 is 13.2 Å². The number of nitrogens with one attached hydrogen (secondary N) is 1. The van der Waals surface area contributed by atoms with Gasteiger partial charge in [0.05, 0.1) is 9.13 Å². The van der Waals surface area contributed by atoms with Gasteiger partial charge in [0.15, 0.2) is 0 Å². The maximum atomic E-state index is 12.4. The van der Waals surface area contributed by atoms with Crippen LogP contribution in [-0.2, 0) is 6.18 Å². The van der Waals surface area contributed by atoms with E-state index in [0.717, 1.165) is 15.7 Å². The van der Waals surface area contributed by atoms with E-state index in [4.69, 9.17) is 0 Å². The van der Waals surface area contributed by atoms with Crippen molar-refractivity contribution in [2.75, 3.05) is 5.32 Å². The van der Waals surface area contributed by atoms with Crippen molar-refractivity contribution in [1.82, 2.24) is 9.97 Å². The summed E-state index contributed by atoms with van der Waals surface area (Å²) in [5.41, 5.74) is -0.134. The molecule has 0 radical (unpaired) electrons. The van der Waals surface area contributed by atoms with Crippen LogP contribution in [0.1, 0.15) is 5.56 Å². The number of hydrogen-bond acceptors (Lipinski definition) is 3. The number of alkyl halides is 3. The Hall–Kier alpha value is -1.38. The fourth-order valence-electron chi connectivity index (χ4n) is 1.28. The molecule has 3 nitrogen and oxygen atoms in total. The molecule has 0 saturated heterocycles. The average molecular weight is 365 g/mol. The van der Waals surface area contributed by atoms with E-state index in [1.165, 1.54) is 18.5 Å². The average Bonchev–Trinajstić information content (AvgIpc) is 2.32. The number of benzene rings is 1. The van der Waals surface area contributed by atoms with Gasteiger partial charge in [-0.15, -0.1) is 0 Å². The minimum Gasteiger partial charge on any atom is -0.339 e. The zero-order chi connectivity index (χ0) is 13.2. The van der Waals surface area contributed by atoms with Gasteiger partial charge in [-0.25, -0.2) is 9.97 Å². The molecule has 2 aromatic rings. The van der Waals surface area contributed by atoms with Gasteiger partial charge in [-0.1, -0.05) is 0 Å². The third kappa shape index (κ3) is 3.09. The molecule has 0 aliphatic rings. The molecule has 0 unspecified atom stereocenters. The second-order valence-electron chi connectivity index (χ2n) is 3.42. The number of aromatic nitrogens is 2. The van der Waals surface area contributed by atoms with Crippen LogP contribution in [0.3, 0.4) is 0 Å². The molecule has 1 aromatic heterocycles. The summed E-state index contributed by atoms with van der Waals surface area (Å²) >= 11 is 2.04. The van der Waals surface area contributed by atoms with Gasteiger partial charge < -0.3 is 5.32 Å². The smallest absolute Gasteiger partial charge is 0.339 e. The monoisotopic (exact) mass is 365 g/mol. The van der Waals surface area contributed by atoms with Crippen LogP contribution in [0, 0.1) is 3.57 Å². The summed E-state index contributed by atoms with van der Waals surface area (Å²) in [6.45, 7) is 0. The maximum absolute atomic E-state index is 12.4. The van der Waals surface area contributed by atoms with E-state index in [0.29, 0.717) is 11.5 Å². The first-order valence-corrected chi connectivity index (χ1v) is 5.94. The highest BCUT2D eigenvalue weighted by Crippen LogP contribution is 2.30. The van der Waals surface area contributed by atoms with Gasteiger partial charge in [0, 0.05) is 11.9 Å². The Morgan fingerprint density at radius 2 is 1.78 bits per heavy atom. The second-order valence-corrected chi connectivity index (χ2v) is 4.58. The van der Waals surface area contributed by atoms with Gasteiger partial charge in [0.1, 0.15) is 12.1 Å². The van der Waals surface area contributed by atoms with Crippen molar-refractivity contribution in [3.63, 3.8) is 0 Å². The SMILES string of the molecule is FC(F)(F)c1ccc(Nc2ncncc2I)cc1. The Morgan fingerprint density at radius 1 is 1.11 bits per heavy atom. The van der Waals surface area contributed by atoms with Crippen LogP contribution in [-0.4, -0.2) is 9.97 Å². The van der Waals surface area contributed by atoms with Gasteiger partial charge in [0.2, 0.25) is 0 Å². The molecule has 0 aliphatic carbocycles.